The summed E-state index contributed by atoms with van der Waals surface area (Å²) in [5, 5.41) is 0. The number of anilines is 1. The number of nitrogen functional groups attached to an aromatic ring is 1. The van der Waals surface area contributed by atoms with Gasteiger partial charge in [0.25, 0.3) is 5.91 Å². The molecule has 1 rings (SSSR count). The minimum atomic E-state index is 0.0200. The van der Waals surface area contributed by atoms with Crippen LogP contribution in [0.1, 0.15) is 44.5 Å². The van der Waals surface area contributed by atoms with Gasteiger partial charge >= 0.3 is 0 Å². The zero-order valence-electron chi connectivity index (χ0n) is 12.3. The van der Waals surface area contributed by atoms with Gasteiger partial charge in [0.1, 0.15) is 5.75 Å². The lowest BCUT2D eigenvalue weighted by Gasteiger charge is -2.27. The SMILES string of the molecule is CCOc1ccc(C(=O)N(CC)C(C)CC)cc1N. The van der Waals surface area contributed by atoms with E-state index in [9.17, 15) is 4.79 Å². The minimum absolute atomic E-state index is 0.0200. The summed E-state index contributed by atoms with van der Waals surface area (Å²) in [5.41, 5.74) is 7.02. The predicted octanol–water partition coefficient (Wildman–Crippen LogP) is 2.93. The van der Waals surface area contributed by atoms with Gasteiger partial charge in [-0.1, -0.05) is 6.92 Å². The number of carbonyl (C=O) groups excluding carboxylic acids is 1. The fourth-order valence-corrected chi connectivity index (χ4v) is 2.01. The van der Waals surface area contributed by atoms with Crippen LogP contribution in [-0.2, 0) is 0 Å². The molecular weight excluding hydrogens is 240 g/mol. The zero-order valence-corrected chi connectivity index (χ0v) is 12.3. The highest BCUT2D eigenvalue weighted by Gasteiger charge is 2.19. The van der Waals surface area contributed by atoms with Crippen molar-refractivity contribution in [3.05, 3.63) is 23.8 Å². The van der Waals surface area contributed by atoms with Crippen LogP contribution in [0.4, 0.5) is 5.69 Å². The first kappa shape index (κ1) is 15.3. The van der Waals surface area contributed by atoms with Gasteiger partial charge in [-0.05, 0) is 45.4 Å². The Labute approximate surface area is 115 Å². The number of nitrogens with zero attached hydrogens (tertiary/aromatic N) is 1. The molecule has 0 saturated carbocycles. The average Bonchev–Trinajstić information content (AvgIpc) is 2.41. The average molecular weight is 264 g/mol. The fraction of sp³-hybridized carbons (Fsp3) is 0.533. The smallest absolute Gasteiger partial charge is 0.254 e. The summed E-state index contributed by atoms with van der Waals surface area (Å²) in [4.78, 5) is 14.3. The molecule has 0 fully saturated rings. The summed E-state index contributed by atoms with van der Waals surface area (Å²) in [7, 11) is 0. The molecule has 0 heterocycles. The standard InChI is InChI=1S/C15H24N2O2/c1-5-11(4)17(6-2)15(18)12-8-9-14(19-7-3)13(16)10-12/h8-11H,5-7,16H2,1-4H3. The van der Waals surface area contributed by atoms with E-state index in [0.717, 1.165) is 6.42 Å². The van der Waals surface area contributed by atoms with E-state index >= 15 is 0 Å². The minimum Gasteiger partial charge on any atom is -0.492 e. The molecule has 1 unspecified atom stereocenters. The van der Waals surface area contributed by atoms with Crippen molar-refractivity contribution >= 4 is 11.6 Å². The lowest BCUT2D eigenvalue weighted by atomic mass is 10.1. The van der Waals surface area contributed by atoms with Gasteiger partial charge in [0.2, 0.25) is 0 Å². The summed E-state index contributed by atoms with van der Waals surface area (Å²) < 4.78 is 5.38. The number of carbonyl (C=O) groups is 1. The maximum absolute atomic E-state index is 12.4. The van der Waals surface area contributed by atoms with Gasteiger partial charge in [-0.3, -0.25) is 4.79 Å². The third-order valence-electron chi connectivity index (χ3n) is 3.28. The van der Waals surface area contributed by atoms with E-state index in [1.807, 2.05) is 18.7 Å². The third-order valence-corrected chi connectivity index (χ3v) is 3.28. The maximum Gasteiger partial charge on any atom is 0.254 e. The van der Waals surface area contributed by atoms with Crippen LogP contribution in [-0.4, -0.2) is 30.0 Å². The van der Waals surface area contributed by atoms with Crippen LogP contribution in [0.2, 0.25) is 0 Å². The first-order valence-electron chi connectivity index (χ1n) is 6.88. The van der Waals surface area contributed by atoms with Crippen molar-refractivity contribution in [1.29, 1.82) is 0 Å². The zero-order chi connectivity index (χ0) is 14.4. The van der Waals surface area contributed by atoms with E-state index in [1.165, 1.54) is 0 Å². The van der Waals surface area contributed by atoms with Gasteiger partial charge in [0.15, 0.2) is 0 Å². The summed E-state index contributed by atoms with van der Waals surface area (Å²) in [6.07, 6.45) is 0.937. The molecule has 0 radical (unpaired) electrons. The molecular formula is C15H24N2O2. The molecule has 0 aliphatic rings. The highest BCUT2D eigenvalue weighted by atomic mass is 16.5. The Morgan fingerprint density at radius 2 is 2.05 bits per heavy atom. The van der Waals surface area contributed by atoms with E-state index in [2.05, 4.69) is 13.8 Å². The summed E-state index contributed by atoms with van der Waals surface area (Å²) in [6.45, 7) is 9.28. The lowest BCUT2D eigenvalue weighted by molar-refractivity contribution is 0.0700. The van der Waals surface area contributed by atoms with Crippen LogP contribution >= 0.6 is 0 Å². The van der Waals surface area contributed by atoms with E-state index in [4.69, 9.17) is 10.5 Å². The van der Waals surface area contributed by atoms with Gasteiger partial charge in [-0.25, -0.2) is 0 Å². The van der Waals surface area contributed by atoms with Crippen molar-refractivity contribution in [1.82, 2.24) is 4.90 Å². The predicted molar refractivity (Wildman–Crippen MR) is 78.5 cm³/mol. The highest BCUT2D eigenvalue weighted by Crippen LogP contribution is 2.23. The lowest BCUT2D eigenvalue weighted by Crippen LogP contribution is -2.38. The van der Waals surface area contributed by atoms with Crippen LogP contribution in [0.3, 0.4) is 0 Å². The molecule has 0 saturated heterocycles. The van der Waals surface area contributed by atoms with Gasteiger partial charge < -0.3 is 15.4 Å². The summed E-state index contributed by atoms with van der Waals surface area (Å²) in [5.74, 6) is 0.650. The molecule has 2 N–H and O–H groups in total. The van der Waals surface area contributed by atoms with Crippen LogP contribution in [0.5, 0.6) is 5.75 Å². The van der Waals surface area contributed by atoms with E-state index in [1.54, 1.807) is 18.2 Å². The van der Waals surface area contributed by atoms with Crippen molar-refractivity contribution in [2.45, 2.75) is 40.2 Å². The second-order valence-electron chi connectivity index (χ2n) is 4.53. The molecule has 0 bridgehead atoms. The molecule has 1 amide bonds. The Hall–Kier alpha value is -1.71. The van der Waals surface area contributed by atoms with Crippen molar-refractivity contribution in [2.75, 3.05) is 18.9 Å². The second-order valence-corrected chi connectivity index (χ2v) is 4.53. The molecule has 1 atom stereocenters. The molecule has 4 heteroatoms. The Balaban J connectivity index is 2.96. The summed E-state index contributed by atoms with van der Waals surface area (Å²) in [6, 6.07) is 5.45. The number of hydrogen-bond acceptors (Lipinski definition) is 3. The maximum atomic E-state index is 12.4. The number of nitrogens with two attached hydrogens (primary N) is 1. The molecule has 4 nitrogen and oxygen atoms in total. The van der Waals surface area contributed by atoms with E-state index in [0.29, 0.717) is 30.2 Å². The number of rotatable bonds is 6. The van der Waals surface area contributed by atoms with Gasteiger partial charge in [-0.15, -0.1) is 0 Å². The van der Waals surface area contributed by atoms with Crippen molar-refractivity contribution in [3.63, 3.8) is 0 Å². The largest absolute Gasteiger partial charge is 0.492 e. The first-order valence-corrected chi connectivity index (χ1v) is 6.88. The quantitative estimate of drug-likeness (QED) is 0.804. The van der Waals surface area contributed by atoms with Crippen molar-refractivity contribution in [2.24, 2.45) is 0 Å². The normalized spacial score (nSPS) is 12.0. The van der Waals surface area contributed by atoms with Gasteiger partial charge in [0, 0.05) is 18.2 Å². The molecule has 19 heavy (non-hydrogen) atoms. The van der Waals surface area contributed by atoms with Crippen molar-refractivity contribution < 1.29 is 9.53 Å². The van der Waals surface area contributed by atoms with Crippen LogP contribution < -0.4 is 10.5 Å². The molecule has 0 aliphatic heterocycles. The Kier molecular flexibility index (Phi) is 5.67. The van der Waals surface area contributed by atoms with Gasteiger partial charge in [-0.2, -0.15) is 0 Å². The number of hydrogen-bond donors (Lipinski definition) is 1. The molecule has 106 valence electrons. The van der Waals surface area contributed by atoms with Gasteiger partial charge in [0.05, 0.1) is 12.3 Å². The molecule has 0 aromatic heterocycles. The van der Waals surface area contributed by atoms with Crippen molar-refractivity contribution in [3.8, 4) is 5.75 Å². The topological polar surface area (TPSA) is 55.6 Å². The Morgan fingerprint density at radius 1 is 1.37 bits per heavy atom. The molecule has 1 aromatic carbocycles. The second kappa shape index (κ2) is 7.02. The molecule has 0 spiro atoms. The number of benzene rings is 1. The van der Waals surface area contributed by atoms with Crippen LogP contribution in [0.25, 0.3) is 0 Å². The summed E-state index contributed by atoms with van der Waals surface area (Å²) >= 11 is 0. The molecule has 0 aliphatic carbocycles. The molecule has 1 aromatic rings. The first-order chi connectivity index (χ1) is 9.04. The Morgan fingerprint density at radius 3 is 2.53 bits per heavy atom. The number of amides is 1. The fourth-order valence-electron chi connectivity index (χ4n) is 2.01. The van der Waals surface area contributed by atoms with Crippen LogP contribution in [0.15, 0.2) is 18.2 Å². The Bertz CT molecular complexity index is 432. The van der Waals surface area contributed by atoms with E-state index in [-0.39, 0.29) is 11.9 Å². The number of ether oxygens (including phenoxy) is 1. The van der Waals surface area contributed by atoms with Crippen LogP contribution in [0, 0.1) is 0 Å². The van der Waals surface area contributed by atoms with E-state index < -0.39 is 0 Å². The third kappa shape index (κ3) is 3.63. The monoisotopic (exact) mass is 264 g/mol. The highest BCUT2D eigenvalue weighted by molar-refractivity contribution is 5.95.